The summed E-state index contributed by atoms with van der Waals surface area (Å²) < 4.78 is 0. The number of likely N-dealkylation sites (N-methyl/N-ethyl adjacent to an activating group) is 1. The van der Waals surface area contributed by atoms with Crippen LogP contribution in [0, 0.1) is 17.8 Å². The molecule has 0 radical (unpaired) electrons. The second kappa shape index (κ2) is 7.52. The Bertz CT molecular complexity index is 1070. The topological polar surface area (TPSA) is 91.3 Å². The number of nitrogens with one attached hydrogen (secondary N) is 1. The van der Waals surface area contributed by atoms with Gasteiger partial charge in [0.2, 0.25) is 17.7 Å². The highest BCUT2D eigenvalue weighted by Gasteiger charge is 2.66. The summed E-state index contributed by atoms with van der Waals surface area (Å²) in [4.78, 5) is 48.2. The number of carbonyl (C=O) groups is 3. The van der Waals surface area contributed by atoms with E-state index in [0.717, 1.165) is 11.3 Å². The lowest BCUT2D eigenvalue weighted by atomic mass is 9.84. The quantitative estimate of drug-likeness (QED) is 0.559. The Morgan fingerprint density at radius 3 is 2.36 bits per heavy atom. The van der Waals surface area contributed by atoms with E-state index in [-0.39, 0.29) is 35.1 Å². The van der Waals surface area contributed by atoms with Crippen LogP contribution in [0.4, 0.5) is 0 Å². The van der Waals surface area contributed by atoms with Crippen LogP contribution < -0.4 is 5.32 Å². The van der Waals surface area contributed by atoms with Crippen LogP contribution in [-0.2, 0) is 24.6 Å². The van der Waals surface area contributed by atoms with Crippen molar-refractivity contribution >= 4 is 23.4 Å². The average molecular weight is 451 g/mol. The fourth-order valence-electron chi connectivity index (χ4n) is 5.75. The standard InChI is InChI=1S/C25H30N4O4/c1-6-28-22(31)17-16-12-11-15-19(13-7-9-14(10-8-13)25(2,3)4)27-33-24(15)29(16)20(21(30)26-5)18(17)23(28)32/h7-12,15-18,20,24H,6H2,1-5H3,(H,26,30)/t15-,16?,17+,18+,20+,24+/m1/s1. The minimum absolute atomic E-state index is 0.0481. The van der Waals surface area contributed by atoms with Crippen LogP contribution in [-0.4, -0.2) is 65.1 Å². The molecule has 0 bridgehead atoms. The first-order chi connectivity index (χ1) is 15.7. The number of likely N-dealkylation sites (tertiary alicyclic amines) is 1. The Hall–Kier alpha value is -3.00. The van der Waals surface area contributed by atoms with Gasteiger partial charge in [0.25, 0.3) is 0 Å². The number of imide groups is 1. The molecular weight excluding hydrogens is 420 g/mol. The maximum atomic E-state index is 13.1. The highest BCUT2D eigenvalue weighted by molar-refractivity contribution is 6.09. The number of fused-ring (bicyclic) bond motifs is 5. The monoisotopic (exact) mass is 450 g/mol. The first-order valence-corrected chi connectivity index (χ1v) is 11.6. The highest BCUT2D eigenvalue weighted by atomic mass is 16.7. The number of hydrogen-bond acceptors (Lipinski definition) is 6. The molecule has 6 atom stereocenters. The van der Waals surface area contributed by atoms with Gasteiger partial charge in [0.05, 0.1) is 23.5 Å². The molecule has 3 amide bonds. The molecule has 0 saturated carbocycles. The smallest absolute Gasteiger partial charge is 0.238 e. The van der Waals surface area contributed by atoms with Crippen molar-refractivity contribution in [1.29, 1.82) is 0 Å². The average Bonchev–Trinajstić information content (AvgIpc) is 3.43. The molecule has 0 aromatic heterocycles. The number of benzene rings is 1. The van der Waals surface area contributed by atoms with Gasteiger partial charge in [0.15, 0.2) is 6.23 Å². The lowest BCUT2D eigenvalue weighted by Gasteiger charge is -2.38. The third-order valence-electron chi connectivity index (χ3n) is 7.43. The van der Waals surface area contributed by atoms with Gasteiger partial charge in [-0.3, -0.25) is 19.3 Å². The molecule has 2 saturated heterocycles. The Balaban J connectivity index is 1.49. The van der Waals surface area contributed by atoms with Crippen LogP contribution in [0.5, 0.6) is 0 Å². The highest BCUT2D eigenvalue weighted by Crippen LogP contribution is 2.48. The Morgan fingerprint density at radius 1 is 1.09 bits per heavy atom. The minimum atomic E-state index is -0.784. The van der Waals surface area contributed by atoms with Crippen molar-refractivity contribution in [3.63, 3.8) is 0 Å². The lowest BCUT2D eigenvalue weighted by molar-refractivity contribution is -0.148. The van der Waals surface area contributed by atoms with Gasteiger partial charge in [-0.15, -0.1) is 0 Å². The van der Waals surface area contributed by atoms with E-state index in [4.69, 9.17) is 4.84 Å². The Labute approximate surface area is 193 Å². The van der Waals surface area contributed by atoms with E-state index in [1.54, 1.807) is 14.0 Å². The van der Waals surface area contributed by atoms with Crippen LogP contribution in [0.25, 0.3) is 0 Å². The summed E-state index contributed by atoms with van der Waals surface area (Å²) in [5, 5.41) is 7.08. The molecule has 1 N–H and O–H groups in total. The third kappa shape index (κ3) is 3.07. The van der Waals surface area contributed by atoms with Crippen molar-refractivity contribution in [1.82, 2.24) is 15.1 Å². The van der Waals surface area contributed by atoms with Crippen LogP contribution in [0.15, 0.2) is 41.6 Å². The van der Waals surface area contributed by atoms with Gasteiger partial charge < -0.3 is 10.2 Å². The molecule has 1 unspecified atom stereocenters. The van der Waals surface area contributed by atoms with Crippen molar-refractivity contribution in [2.24, 2.45) is 22.9 Å². The number of amides is 3. The predicted molar refractivity (Wildman–Crippen MR) is 122 cm³/mol. The number of rotatable bonds is 3. The maximum absolute atomic E-state index is 13.1. The molecule has 33 heavy (non-hydrogen) atoms. The number of hydrogen-bond donors (Lipinski definition) is 1. The van der Waals surface area contributed by atoms with Gasteiger partial charge in [0.1, 0.15) is 6.04 Å². The second-order valence-electron chi connectivity index (χ2n) is 10.2. The summed E-state index contributed by atoms with van der Waals surface area (Å²) in [6.07, 6.45) is 3.44. The van der Waals surface area contributed by atoms with E-state index in [1.165, 1.54) is 10.5 Å². The first kappa shape index (κ1) is 21.8. The van der Waals surface area contributed by atoms with E-state index in [9.17, 15) is 14.4 Å². The van der Waals surface area contributed by atoms with Gasteiger partial charge >= 0.3 is 0 Å². The van der Waals surface area contributed by atoms with Crippen molar-refractivity contribution in [2.45, 2.75) is 51.4 Å². The maximum Gasteiger partial charge on any atom is 0.238 e. The molecule has 2 fully saturated rings. The molecule has 8 nitrogen and oxygen atoms in total. The molecule has 0 aliphatic carbocycles. The van der Waals surface area contributed by atoms with Gasteiger partial charge in [-0.1, -0.05) is 62.3 Å². The fourth-order valence-corrected chi connectivity index (χ4v) is 5.75. The Morgan fingerprint density at radius 2 is 1.76 bits per heavy atom. The van der Waals surface area contributed by atoms with Gasteiger partial charge in [-0.05, 0) is 17.9 Å². The second-order valence-corrected chi connectivity index (χ2v) is 10.2. The van der Waals surface area contributed by atoms with Crippen molar-refractivity contribution in [3.05, 3.63) is 47.5 Å². The van der Waals surface area contributed by atoms with Gasteiger partial charge in [-0.2, -0.15) is 0 Å². The minimum Gasteiger partial charge on any atom is -0.375 e. The van der Waals surface area contributed by atoms with E-state index in [1.807, 2.05) is 29.2 Å². The predicted octanol–water partition coefficient (Wildman–Crippen LogP) is 1.65. The number of carbonyl (C=O) groups excluding carboxylic acids is 3. The van der Waals surface area contributed by atoms with E-state index < -0.39 is 24.1 Å². The van der Waals surface area contributed by atoms with Crippen LogP contribution in [0.1, 0.15) is 38.8 Å². The number of nitrogens with zero attached hydrogens (tertiary/aromatic N) is 3. The molecule has 5 rings (SSSR count). The normalized spacial score (nSPS) is 32.9. The Kier molecular flexibility index (Phi) is 4.97. The molecule has 4 aliphatic heterocycles. The fraction of sp³-hybridized carbons (Fsp3) is 0.520. The molecule has 1 aromatic rings. The van der Waals surface area contributed by atoms with Crippen molar-refractivity contribution in [3.8, 4) is 0 Å². The summed E-state index contributed by atoms with van der Waals surface area (Å²) in [6, 6.07) is 7.13. The first-order valence-electron chi connectivity index (χ1n) is 11.6. The van der Waals surface area contributed by atoms with Crippen molar-refractivity contribution in [2.75, 3.05) is 13.6 Å². The zero-order valence-electron chi connectivity index (χ0n) is 19.6. The number of oxime groups is 1. The van der Waals surface area contributed by atoms with E-state index >= 15 is 0 Å². The van der Waals surface area contributed by atoms with E-state index in [2.05, 4.69) is 43.4 Å². The zero-order valence-corrected chi connectivity index (χ0v) is 19.6. The van der Waals surface area contributed by atoms with E-state index in [0.29, 0.717) is 6.54 Å². The lowest BCUT2D eigenvalue weighted by Crippen LogP contribution is -2.57. The molecule has 0 spiro atoms. The van der Waals surface area contributed by atoms with Crippen LogP contribution in [0.2, 0.25) is 0 Å². The van der Waals surface area contributed by atoms with Gasteiger partial charge in [-0.25, -0.2) is 4.90 Å². The third-order valence-corrected chi connectivity index (χ3v) is 7.43. The SMILES string of the molecule is CCN1C(=O)[C@@H]2[C@@H](C(=O)NC)N3C(C=C[C@@H]4C(c5ccc(C(C)(C)C)cc5)=NO[C@@H]43)[C@@H]2C1=O. The molecule has 4 heterocycles. The van der Waals surface area contributed by atoms with Crippen molar-refractivity contribution < 1.29 is 19.2 Å². The molecule has 174 valence electrons. The molecular formula is C25H30N4O4. The molecule has 8 heteroatoms. The van der Waals surface area contributed by atoms with Crippen LogP contribution in [0.3, 0.4) is 0 Å². The zero-order chi connectivity index (χ0) is 23.7. The van der Waals surface area contributed by atoms with Crippen LogP contribution >= 0.6 is 0 Å². The molecule has 1 aromatic carbocycles. The summed E-state index contributed by atoms with van der Waals surface area (Å²) in [5.41, 5.74) is 3.02. The largest absolute Gasteiger partial charge is 0.375 e. The summed E-state index contributed by atoms with van der Waals surface area (Å²) >= 11 is 0. The summed E-state index contributed by atoms with van der Waals surface area (Å²) in [6.45, 7) is 8.60. The summed E-state index contributed by atoms with van der Waals surface area (Å²) in [5.74, 6) is -2.28. The molecule has 4 aliphatic rings. The summed E-state index contributed by atoms with van der Waals surface area (Å²) in [7, 11) is 1.55. The van der Waals surface area contributed by atoms with Gasteiger partial charge in [0, 0.05) is 25.2 Å².